The molecule has 0 amide bonds. The van der Waals surface area contributed by atoms with E-state index in [2.05, 4.69) is 24.3 Å². The summed E-state index contributed by atoms with van der Waals surface area (Å²) in [5.41, 5.74) is 3.39. The summed E-state index contributed by atoms with van der Waals surface area (Å²) in [5, 5.41) is 13.0. The zero-order valence-corrected chi connectivity index (χ0v) is 14.6. The van der Waals surface area contributed by atoms with Crippen molar-refractivity contribution < 1.29 is 4.42 Å². The van der Waals surface area contributed by atoms with Gasteiger partial charge < -0.3 is 14.7 Å². The van der Waals surface area contributed by atoms with E-state index in [4.69, 9.17) is 14.8 Å². The lowest BCUT2D eigenvalue weighted by atomic mass is 9.99. The van der Waals surface area contributed by atoms with Crippen LogP contribution in [0.2, 0.25) is 0 Å². The maximum atomic E-state index is 8.44. The number of nitrogens with zero attached hydrogens (tertiary/aromatic N) is 2. The molecule has 0 fully saturated rings. The largest absolute Gasteiger partial charge is 0.453 e. The number of aromatic nitrogens is 1. The van der Waals surface area contributed by atoms with Crippen LogP contribution in [0.3, 0.4) is 0 Å². The Bertz CT molecular complexity index is 1330. The molecule has 26 heavy (non-hydrogen) atoms. The van der Waals surface area contributed by atoms with Gasteiger partial charge in [0.2, 0.25) is 0 Å². The number of anilines is 1. The van der Waals surface area contributed by atoms with Gasteiger partial charge in [0.05, 0.1) is 5.36 Å². The molecular formula is C22H17N3O. The van der Waals surface area contributed by atoms with E-state index >= 15 is 0 Å². The van der Waals surface area contributed by atoms with Crippen molar-refractivity contribution in [2.75, 3.05) is 19.0 Å². The lowest BCUT2D eigenvalue weighted by Crippen LogP contribution is -2.08. The number of rotatable bonds is 1. The van der Waals surface area contributed by atoms with Gasteiger partial charge in [-0.3, -0.25) is 0 Å². The maximum Gasteiger partial charge on any atom is 0.155 e. The summed E-state index contributed by atoms with van der Waals surface area (Å²) in [4.78, 5) is 6.89. The van der Waals surface area contributed by atoms with Gasteiger partial charge in [0.1, 0.15) is 11.2 Å². The minimum absolute atomic E-state index is 0.451. The Morgan fingerprint density at radius 2 is 1.62 bits per heavy atom. The molecule has 0 saturated heterocycles. The van der Waals surface area contributed by atoms with Gasteiger partial charge in [-0.15, -0.1) is 0 Å². The van der Waals surface area contributed by atoms with Gasteiger partial charge >= 0.3 is 0 Å². The third kappa shape index (κ3) is 2.15. The summed E-state index contributed by atoms with van der Waals surface area (Å²) in [6, 6.07) is 20.1. The van der Waals surface area contributed by atoms with Gasteiger partial charge in [0, 0.05) is 42.7 Å². The van der Waals surface area contributed by atoms with E-state index in [0.717, 1.165) is 44.0 Å². The fourth-order valence-electron chi connectivity index (χ4n) is 3.46. The number of nitrogens with one attached hydrogen (secondary N) is 1. The van der Waals surface area contributed by atoms with E-state index in [1.54, 1.807) is 6.07 Å². The summed E-state index contributed by atoms with van der Waals surface area (Å²) in [7, 11) is 3.99. The second-order valence-electron chi connectivity index (χ2n) is 6.78. The van der Waals surface area contributed by atoms with Crippen molar-refractivity contribution in [3.05, 3.63) is 66.0 Å². The van der Waals surface area contributed by atoms with Gasteiger partial charge in [-0.1, -0.05) is 24.3 Å². The molecule has 0 aromatic heterocycles. The van der Waals surface area contributed by atoms with Crippen molar-refractivity contribution in [3.8, 4) is 11.5 Å². The van der Waals surface area contributed by atoms with Crippen LogP contribution in [0.1, 0.15) is 0 Å². The molecule has 1 aliphatic carbocycles. The first-order valence-electron chi connectivity index (χ1n) is 8.52. The first kappa shape index (κ1) is 14.9. The standard InChI is InChI=1S/C22H17N3O/c1-25(2)15-7-8-19-20(11-15)26-21-12-18(23)16-9-13-5-3-4-6-14(13)10-17(16)22(21)24-19/h3-12,23H,1-2H3. The lowest BCUT2D eigenvalue weighted by Gasteiger charge is -2.14. The van der Waals surface area contributed by atoms with Crippen molar-refractivity contribution in [2.45, 2.75) is 0 Å². The highest BCUT2D eigenvalue weighted by atomic mass is 16.3. The van der Waals surface area contributed by atoms with Crippen molar-refractivity contribution in [1.82, 2.24) is 4.98 Å². The molecule has 0 radical (unpaired) electrons. The molecule has 0 spiro atoms. The summed E-state index contributed by atoms with van der Waals surface area (Å²) in [5.74, 6) is 0.640. The first-order valence-corrected chi connectivity index (χ1v) is 8.52. The Kier molecular flexibility index (Phi) is 3.04. The molecule has 0 bridgehead atoms. The third-order valence-corrected chi connectivity index (χ3v) is 4.85. The van der Waals surface area contributed by atoms with Gasteiger partial charge in [-0.05, 0) is 35.0 Å². The molecular weight excluding hydrogens is 322 g/mol. The number of hydrogen-bond acceptors (Lipinski definition) is 4. The highest BCUT2D eigenvalue weighted by Gasteiger charge is 2.15. The predicted octanol–water partition coefficient (Wildman–Crippen LogP) is 4.78. The molecule has 3 aromatic rings. The lowest BCUT2D eigenvalue weighted by molar-refractivity contribution is 0.613. The van der Waals surface area contributed by atoms with Crippen molar-refractivity contribution in [1.29, 1.82) is 5.41 Å². The Labute approximate surface area is 150 Å². The molecule has 0 saturated carbocycles. The molecule has 1 N–H and O–H groups in total. The second kappa shape index (κ2) is 5.30. The molecule has 1 aliphatic heterocycles. The molecule has 4 heteroatoms. The quantitative estimate of drug-likeness (QED) is 0.353. The minimum Gasteiger partial charge on any atom is -0.453 e. The molecule has 126 valence electrons. The normalized spacial score (nSPS) is 11.6. The van der Waals surface area contributed by atoms with Gasteiger partial charge in [-0.2, -0.15) is 0 Å². The molecule has 2 aliphatic rings. The fourth-order valence-corrected chi connectivity index (χ4v) is 3.46. The summed E-state index contributed by atoms with van der Waals surface area (Å²) >= 11 is 0. The van der Waals surface area contributed by atoms with Crippen molar-refractivity contribution in [2.24, 2.45) is 0 Å². The summed E-state index contributed by atoms with van der Waals surface area (Å²) < 4.78 is 6.13. The minimum atomic E-state index is 0.451. The molecule has 4 nitrogen and oxygen atoms in total. The van der Waals surface area contributed by atoms with Crippen LogP contribution in [-0.4, -0.2) is 19.1 Å². The van der Waals surface area contributed by atoms with Gasteiger partial charge in [-0.25, -0.2) is 4.98 Å². The van der Waals surface area contributed by atoms with Gasteiger partial charge in [0.25, 0.3) is 0 Å². The van der Waals surface area contributed by atoms with E-state index < -0.39 is 0 Å². The van der Waals surface area contributed by atoms with E-state index in [-0.39, 0.29) is 0 Å². The molecule has 0 unspecified atom stereocenters. The van der Waals surface area contributed by atoms with Crippen molar-refractivity contribution in [3.63, 3.8) is 0 Å². The topological polar surface area (TPSA) is 53.1 Å². The fraction of sp³-hybridized carbons (Fsp3) is 0.0909. The predicted molar refractivity (Wildman–Crippen MR) is 106 cm³/mol. The number of fused-ring (bicyclic) bond motifs is 5. The molecule has 0 atom stereocenters. The Hall–Kier alpha value is -3.40. The Morgan fingerprint density at radius 3 is 2.35 bits per heavy atom. The van der Waals surface area contributed by atoms with Crippen LogP contribution in [0.5, 0.6) is 0 Å². The third-order valence-electron chi connectivity index (χ3n) is 4.85. The van der Waals surface area contributed by atoms with Crippen LogP contribution >= 0.6 is 0 Å². The van der Waals surface area contributed by atoms with Crippen LogP contribution in [0, 0.1) is 5.41 Å². The summed E-state index contributed by atoms with van der Waals surface area (Å²) in [6.45, 7) is 0. The van der Waals surface area contributed by atoms with Crippen LogP contribution in [-0.2, 0) is 0 Å². The SMILES string of the molecule is CN(C)c1ccc2nc3c4cc5ccccc5cc4c(=N)cc-3oc2c1. The van der Waals surface area contributed by atoms with Crippen LogP contribution in [0.25, 0.3) is 44.1 Å². The second-order valence-corrected chi connectivity index (χ2v) is 6.78. The number of hydrogen-bond donors (Lipinski definition) is 1. The Morgan fingerprint density at radius 1 is 0.885 bits per heavy atom. The van der Waals surface area contributed by atoms with E-state index in [1.165, 1.54) is 0 Å². The zero-order valence-electron chi connectivity index (χ0n) is 14.6. The molecule has 3 aromatic carbocycles. The average molecular weight is 339 g/mol. The monoisotopic (exact) mass is 339 g/mol. The van der Waals surface area contributed by atoms with Crippen molar-refractivity contribution >= 4 is 38.3 Å². The zero-order chi connectivity index (χ0) is 17.8. The molecule has 5 rings (SSSR count). The first-order chi connectivity index (χ1) is 12.6. The van der Waals surface area contributed by atoms with Crippen LogP contribution in [0.15, 0.2) is 65.1 Å². The average Bonchev–Trinajstić information content (AvgIpc) is 2.65. The maximum absolute atomic E-state index is 8.44. The summed E-state index contributed by atoms with van der Waals surface area (Å²) in [6.07, 6.45) is 0. The highest BCUT2D eigenvalue weighted by molar-refractivity contribution is 6.04. The van der Waals surface area contributed by atoms with E-state index in [0.29, 0.717) is 11.1 Å². The van der Waals surface area contributed by atoms with E-state index in [9.17, 15) is 0 Å². The van der Waals surface area contributed by atoms with Gasteiger partial charge in [0.15, 0.2) is 11.3 Å². The molecule has 1 heterocycles. The van der Waals surface area contributed by atoms with Crippen LogP contribution < -0.4 is 10.3 Å². The Balaban J connectivity index is 1.92. The number of benzene rings is 4. The highest BCUT2D eigenvalue weighted by Crippen LogP contribution is 2.33. The van der Waals surface area contributed by atoms with Crippen LogP contribution in [0.4, 0.5) is 5.69 Å². The smallest absolute Gasteiger partial charge is 0.155 e. The van der Waals surface area contributed by atoms with E-state index in [1.807, 2.05) is 49.3 Å².